The zero-order valence-corrected chi connectivity index (χ0v) is 15.3. The Kier molecular flexibility index (Phi) is 6.98. The van der Waals surface area contributed by atoms with Gasteiger partial charge in [-0.2, -0.15) is 0 Å². The largest absolute Gasteiger partial charge is 0.340 e. The van der Waals surface area contributed by atoms with Gasteiger partial charge < -0.3 is 4.90 Å². The van der Waals surface area contributed by atoms with Gasteiger partial charge in [-0.3, -0.25) is 14.5 Å². The number of hydrogen-bond acceptors (Lipinski definition) is 3. The number of aryl methyl sites for hydroxylation is 1. The van der Waals surface area contributed by atoms with Crippen LogP contribution in [0.5, 0.6) is 0 Å². The van der Waals surface area contributed by atoms with E-state index in [4.69, 9.17) is 0 Å². The van der Waals surface area contributed by atoms with Gasteiger partial charge in [0.2, 0.25) is 5.91 Å². The summed E-state index contributed by atoms with van der Waals surface area (Å²) in [6.45, 7) is 11.1. The zero-order valence-electron chi connectivity index (χ0n) is 15.3. The molecule has 0 unspecified atom stereocenters. The van der Waals surface area contributed by atoms with Gasteiger partial charge in [0, 0.05) is 51.1 Å². The quantitative estimate of drug-likeness (QED) is 0.722. The van der Waals surface area contributed by atoms with Crippen molar-refractivity contribution in [1.82, 2.24) is 9.80 Å². The van der Waals surface area contributed by atoms with E-state index in [2.05, 4.69) is 25.7 Å². The number of rotatable bonds is 7. The Bertz CT molecular complexity index is 543. The summed E-state index contributed by atoms with van der Waals surface area (Å²) in [7, 11) is 0. The van der Waals surface area contributed by atoms with Gasteiger partial charge in [-0.25, -0.2) is 0 Å². The smallest absolute Gasteiger partial charge is 0.223 e. The molecule has 0 N–H and O–H groups in total. The van der Waals surface area contributed by atoms with E-state index in [0.29, 0.717) is 24.3 Å². The minimum atomic E-state index is 0.0597. The fraction of sp³-hybridized carbons (Fsp3) is 0.600. The van der Waals surface area contributed by atoms with Crippen molar-refractivity contribution in [3.8, 4) is 0 Å². The molecule has 24 heavy (non-hydrogen) atoms. The number of nitrogens with zero attached hydrogens (tertiary/aromatic N) is 2. The van der Waals surface area contributed by atoms with Crippen LogP contribution in [0.3, 0.4) is 0 Å². The molecular formula is C20H30N2O2. The average Bonchev–Trinajstić information content (AvgIpc) is 2.59. The highest BCUT2D eigenvalue weighted by Gasteiger charge is 2.21. The number of piperazine rings is 1. The predicted octanol–water partition coefficient (Wildman–Crippen LogP) is 3.01. The lowest BCUT2D eigenvalue weighted by Crippen LogP contribution is -2.49. The molecule has 1 aliphatic heterocycles. The second-order valence-corrected chi connectivity index (χ2v) is 7.05. The van der Waals surface area contributed by atoms with Crippen LogP contribution in [0.15, 0.2) is 24.3 Å². The molecule has 132 valence electrons. The molecule has 1 heterocycles. The maximum absolute atomic E-state index is 12.3. The fourth-order valence-electron chi connectivity index (χ4n) is 3.15. The third-order valence-electron chi connectivity index (χ3n) is 4.60. The van der Waals surface area contributed by atoms with E-state index in [1.807, 2.05) is 29.2 Å². The minimum absolute atomic E-state index is 0.0597. The molecule has 4 heteroatoms. The van der Waals surface area contributed by atoms with Gasteiger partial charge in [-0.15, -0.1) is 0 Å². The number of ketones is 1. The first-order valence-electron chi connectivity index (χ1n) is 9.12. The molecule has 2 rings (SSSR count). The number of benzene rings is 1. The van der Waals surface area contributed by atoms with Crippen LogP contribution in [0.1, 0.15) is 49.5 Å². The molecule has 1 aromatic carbocycles. The van der Waals surface area contributed by atoms with E-state index in [9.17, 15) is 9.59 Å². The molecule has 1 aliphatic rings. The van der Waals surface area contributed by atoms with Gasteiger partial charge in [-0.1, -0.05) is 45.0 Å². The molecule has 0 spiro atoms. The Hall–Kier alpha value is -1.68. The van der Waals surface area contributed by atoms with Crippen molar-refractivity contribution in [2.75, 3.05) is 32.7 Å². The number of carbonyl (C=O) groups excluding carboxylic acids is 2. The third-order valence-corrected chi connectivity index (χ3v) is 4.60. The van der Waals surface area contributed by atoms with Gasteiger partial charge in [0.1, 0.15) is 0 Å². The standard InChI is InChI=1S/C20H30N2O2/c1-4-17-5-7-18(8-6-17)19(23)9-10-20(24)22-13-11-21(12-14-22)15-16(2)3/h5-8,16H,4,9-15H2,1-3H3. The molecule has 0 atom stereocenters. The van der Waals surface area contributed by atoms with Crippen molar-refractivity contribution < 1.29 is 9.59 Å². The SMILES string of the molecule is CCc1ccc(C(=O)CCC(=O)N2CCN(CC(C)C)CC2)cc1. The summed E-state index contributed by atoms with van der Waals surface area (Å²) >= 11 is 0. The second kappa shape index (κ2) is 8.97. The highest BCUT2D eigenvalue weighted by Crippen LogP contribution is 2.11. The van der Waals surface area contributed by atoms with Crippen molar-refractivity contribution in [1.29, 1.82) is 0 Å². The third kappa shape index (κ3) is 5.45. The first-order chi connectivity index (χ1) is 11.5. The van der Waals surface area contributed by atoms with E-state index in [1.54, 1.807) is 0 Å². The van der Waals surface area contributed by atoms with Gasteiger partial charge in [-0.05, 0) is 17.9 Å². The maximum atomic E-state index is 12.3. The van der Waals surface area contributed by atoms with Crippen molar-refractivity contribution in [2.24, 2.45) is 5.92 Å². The lowest BCUT2D eigenvalue weighted by molar-refractivity contribution is -0.132. The molecule has 1 fully saturated rings. The van der Waals surface area contributed by atoms with Crippen LogP contribution in [0, 0.1) is 5.92 Å². The van der Waals surface area contributed by atoms with E-state index in [-0.39, 0.29) is 11.7 Å². The first kappa shape index (κ1) is 18.7. The topological polar surface area (TPSA) is 40.6 Å². The molecule has 0 aromatic heterocycles. The summed E-state index contributed by atoms with van der Waals surface area (Å²) in [4.78, 5) is 28.9. The first-order valence-corrected chi connectivity index (χ1v) is 9.12. The Morgan fingerprint density at radius 3 is 2.17 bits per heavy atom. The lowest BCUT2D eigenvalue weighted by atomic mass is 10.0. The summed E-state index contributed by atoms with van der Waals surface area (Å²) < 4.78 is 0. The Balaban J connectivity index is 1.75. The molecule has 0 bridgehead atoms. The minimum Gasteiger partial charge on any atom is -0.340 e. The summed E-state index contributed by atoms with van der Waals surface area (Å²) in [5.74, 6) is 0.825. The van der Waals surface area contributed by atoms with Crippen LogP contribution in [0.25, 0.3) is 0 Å². The number of hydrogen-bond donors (Lipinski definition) is 0. The number of carbonyl (C=O) groups is 2. The molecule has 1 saturated heterocycles. The molecule has 4 nitrogen and oxygen atoms in total. The highest BCUT2D eigenvalue weighted by atomic mass is 16.2. The highest BCUT2D eigenvalue weighted by molar-refractivity contribution is 5.98. The molecule has 0 saturated carbocycles. The summed E-state index contributed by atoms with van der Waals surface area (Å²) in [6, 6.07) is 7.72. The summed E-state index contributed by atoms with van der Waals surface area (Å²) in [5.41, 5.74) is 1.93. The van der Waals surface area contributed by atoms with Gasteiger partial charge in [0.15, 0.2) is 5.78 Å². The Morgan fingerprint density at radius 2 is 1.62 bits per heavy atom. The molecule has 1 aromatic rings. The van der Waals surface area contributed by atoms with Gasteiger partial charge in [0.05, 0.1) is 0 Å². The lowest BCUT2D eigenvalue weighted by Gasteiger charge is -2.35. The Morgan fingerprint density at radius 1 is 1.00 bits per heavy atom. The van der Waals surface area contributed by atoms with Crippen molar-refractivity contribution in [3.63, 3.8) is 0 Å². The molecule has 0 radical (unpaired) electrons. The van der Waals surface area contributed by atoms with Gasteiger partial charge >= 0.3 is 0 Å². The van der Waals surface area contributed by atoms with Crippen molar-refractivity contribution >= 4 is 11.7 Å². The predicted molar refractivity (Wildman–Crippen MR) is 97.2 cm³/mol. The summed E-state index contributed by atoms with van der Waals surface area (Å²) in [5, 5.41) is 0. The van der Waals surface area contributed by atoms with Crippen molar-refractivity contribution in [3.05, 3.63) is 35.4 Å². The fourth-order valence-corrected chi connectivity index (χ4v) is 3.15. The monoisotopic (exact) mass is 330 g/mol. The maximum Gasteiger partial charge on any atom is 0.223 e. The number of amides is 1. The van der Waals surface area contributed by atoms with E-state index in [1.165, 1.54) is 5.56 Å². The van der Waals surface area contributed by atoms with E-state index < -0.39 is 0 Å². The van der Waals surface area contributed by atoms with Crippen LogP contribution in [-0.4, -0.2) is 54.2 Å². The van der Waals surface area contributed by atoms with E-state index in [0.717, 1.165) is 39.1 Å². The zero-order chi connectivity index (χ0) is 17.5. The molecular weight excluding hydrogens is 300 g/mol. The number of Topliss-reactive ketones (excluding diaryl/α,β-unsaturated/α-hetero) is 1. The molecule has 1 amide bonds. The van der Waals surface area contributed by atoms with Crippen LogP contribution >= 0.6 is 0 Å². The van der Waals surface area contributed by atoms with Crippen LogP contribution in [0.4, 0.5) is 0 Å². The Labute approximate surface area is 145 Å². The van der Waals surface area contributed by atoms with Gasteiger partial charge in [0.25, 0.3) is 0 Å². The van der Waals surface area contributed by atoms with E-state index >= 15 is 0 Å². The summed E-state index contributed by atoms with van der Waals surface area (Å²) in [6.07, 6.45) is 1.59. The second-order valence-electron chi connectivity index (χ2n) is 7.05. The normalized spacial score (nSPS) is 15.8. The molecule has 0 aliphatic carbocycles. The average molecular weight is 330 g/mol. The van der Waals surface area contributed by atoms with Crippen LogP contribution in [0.2, 0.25) is 0 Å². The van der Waals surface area contributed by atoms with Crippen LogP contribution < -0.4 is 0 Å². The van der Waals surface area contributed by atoms with Crippen LogP contribution in [-0.2, 0) is 11.2 Å². The van der Waals surface area contributed by atoms with Crippen molar-refractivity contribution in [2.45, 2.75) is 40.0 Å².